The molecule has 8 bridgehead atoms. The van der Waals surface area contributed by atoms with Crippen molar-refractivity contribution in [3.63, 3.8) is 0 Å². The molecule has 0 aliphatic heterocycles. The molecular weight excluding hydrogens is 712 g/mol. The molecule has 0 spiro atoms. The maximum Gasteiger partial charge on any atom is 0.150 e. The third kappa shape index (κ3) is 11.6. The molecule has 0 unspecified atom stereocenters. The molecule has 0 saturated heterocycles. The zero-order valence-corrected chi connectivity index (χ0v) is 33.3. The number of para-hydroxylation sites is 2. The Kier molecular flexibility index (Phi) is 17.2. The molecule has 0 saturated carbocycles. The summed E-state index contributed by atoms with van der Waals surface area (Å²) < 4.78 is 48.9. The molecule has 0 atom stereocenters. The summed E-state index contributed by atoms with van der Waals surface area (Å²) >= 11 is 0. The molecule has 0 radical (unpaired) electrons. The number of benzene rings is 4. The Hall–Kier alpha value is -4.74. The van der Waals surface area contributed by atoms with Gasteiger partial charge in [-0.25, -0.2) is 0 Å². The van der Waals surface area contributed by atoms with Crippen molar-refractivity contribution in [2.24, 2.45) is 0 Å². The lowest BCUT2D eigenvalue weighted by atomic mass is 9.89. The molecule has 56 heavy (non-hydrogen) atoms. The first kappa shape index (κ1) is 42.4. The Labute approximate surface area is 331 Å². The summed E-state index contributed by atoms with van der Waals surface area (Å²) in [5.41, 5.74) is 8.09. The highest BCUT2D eigenvalue weighted by atomic mass is 16.5. The number of fused-ring (bicyclic) bond motifs is 8. The van der Waals surface area contributed by atoms with Gasteiger partial charge in [-0.2, -0.15) is 0 Å². The van der Waals surface area contributed by atoms with Gasteiger partial charge < -0.3 is 37.9 Å². The average molecular weight is 769 g/mol. The van der Waals surface area contributed by atoms with E-state index >= 15 is 0 Å². The van der Waals surface area contributed by atoms with Gasteiger partial charge >= 0.3 is 0 Å². The maximum atomic E-state index is 12.5. The lowest BCUT2D eigenvalue weighted by Crippen LogP contribution is -2.14. The lowest BCUT2D eigenvalue weighted by molar-refractivity contribution is 0.108. The van der Waals surface area contributed by atoms with Gasteiger partial charge in [0.25, 0.3) is 0 Å². The summed E-state index contributed by atoms with van der Waals surface area (Å²) in [5.74, 6) is 2.83. The van der Waals surface area contributed by atoms with Gasteiger partial charge in [0.15, 0.2) is 0 Å². The summed E-state index contributed by atoms with van der Waals surface area (Å²) in [6, 6.07) is 19.8. The Balaban J connectivity index is 1.76. The number of carbonyl (C=O) groups excluding carboxylic acids is 2. The van der Waals surface area contributed by atoms with E-state index in [0.29, 0.717) is 128 Å². The van der Waals surface area contributed by atoms with Crippen LogP contribution >= 0.6 is 0 Å². The van der Waals surface area contributed by atoms with Crippen LogP contribution in [0.4, 0.5) is 0 Å². The predicted octanol–water partition coefficient (Wildman–Crippen LogP) is 7.65. The quantitative estimate of drug-likeness (QED) is 0.0515. The van der Waals surface area contributed by atoms with Crippen LogP contribution in [0.15, 0.2) is 60.7 Å². The second-order valence-electron chi connectivity index (χ2n) is 13.3. The van der Waals surface area contributed by atoms with Crippen LogP contribution in [-0.2, 0) is 44.6 Å². The van der Waals surface area contributed by atoms with E-state index in [9.17, 15) is 9.59 Å². The number of hydrogen-bond donors (Lipinski definition) is 0. The van der Waals surface area contributed by atoms with Crippen molar-refractivity contribution in [2.45, 2.75) is 53.4 Å². The second-order valence-corrected chi connectivity index (χ2v) is 13.3. The van der Waals surface area contributed by atoms with Crippen molar-refractivity contribution < 1.29 is 47.5 Å². The van der Waals surface area contributed by atoms with Crippen molar-refractivity contribution in [2.75, 3.05) is 79.3 Å². The molecule has 5 rings (SSSR count). The molecule has 0 aromatic heterocycles. The fourth-order valence-electron chi connectivity index (χ4n) is 7.01. The van der Waals surface area contributed by atoms with Crippen molar-refractivity contribution >= 4 is 12.6 Å². The Bertz CT molecular complexity index is 1740. The minimum Gasteiger partial charge on any atom is -0.491 e. The van der Waals surface area contributed by atoms with E-state index in [1.54, 1.807) is 0 Å². The first-order valence-electron chi connectivity index (χ1n) is 19.8. The fourth-order valence-corrected chi connectivity index (χ4v) is 7.01. The minimum atomic E-state index is 0.310. The molecular formula is C46H56O10. The van der Waals surface area contributed by atoms with Crippen LogP contribution in [0.5, 0.6) is 23.0 Å². The predicted molar refractivity (Wildman–Crippen MR) is 216 cm³/mol. The SMILES string of the molecule is CCOCCOc1c2cccc1Cc1cc(C=O)cc(c1OCCOCC)Cc1cc(C=O)cc(c1OCCOCC)Cc1cccc(c1OCCOCC)C2. The van der Waals surface area contributed by atoms with E-state index < -0.39 is 0 Å². The van der Waals surface area contributed by atoms with Crippen molar-refractivity contribution in [1.82, 2.24) is 0 Å². The summed E-state index contributed by atoms with van der Waals surface area (Å²) in [4.78, 5) is 25.1. The van der Waals surface area contributed by atoms with Gasteiger partial charge in [-0.3, -0.25) is 9.59 Å². The van der Waals surface area contributed by atoms with E-state index in [1.165, 1.54) is 0 Å². The number of ether oxygens (including phenoxy) is 8. The molecule has 300 valence electrons. The monoisotopic (exact) mass is 768 g/mol. The summed E-state index contributed by atoms with van der Waals surface area (Å²) in [7, 11) is 0. The highest BCUT2D eigenvalue weighted by molar-refractivity contribution is 5.78. The molecule has 1 aliphatic carbocycles. The molecule has 1 aliphatic rings. The van der Waals surface area contributed by atoms with Gasteiger partial charge in [-0.1, -0.05) is 36.4 Å². The largest absolute Gasteiger partial charge is 0.491 e. The van der Waals surface area contributed by atoms with Gasteiger partial charge in [0.05, 0.1) is 26.4 Å². The first-order valence-corrected chi connectivity index (χ1v) is 19.8. The summed E-state index contributed by atoms with van der Waals surface area (Å²) in [6.07, 6.45) is 3.41. The van der Waals surface area contributed by atoms with E-state index in [0.717, 1.165) is 68.6 Å². The number of carbonyl (C=O) groups is 2. The third-order valence-corrected chi connectivity index (χ3v) is 9.39. The smallest absolute Gasteiger partial charge is 0.150 e. The molecule has 0 amide bonds. The van der Waals surface area contributed by atoms with Crippen LogP contribution in [0.3, 0.4) is 0 Å². The topological polar surface area (TPSA) is 108 Å². The van der Waals surface area contributed by atoms with E-state index in [4.69, 9.17) is 37.9 Å². The zero-order chi connectivity index (χ0) is 39.5. The molecule has 10 nitrogen and oxygen atoms in total. The van der Waals surface area contributed by atoms with E-state index in [2.05, 4.69) is 24.3 Å². The first-order chi connectivity index (χ1) is 27.5. The fraction of sp³-hybridized carbons (Fsp3) is 0.435. The Morgan fingerprint density at radius 2 is 0.643 bits per heavy atom. The molecule has 4 aromatic carbocycles. The number of rotatable bonds is 22. The van der Waals surface area contributed by atoms with E-state index in [1.807, 2.05) is 64.1 Å². The highest BCUT2D eigenvalue weighted by Crippen LogP contribution is 2.39. The molecule has 0 fully saturated rings. The van der Waals surface area contributed by atoms with Crippen LogP contribution in [0.1, 0.15) is 92.9 Å². The molecule has 0 N–H and O–H groups in total. The van der Waals surface area contributed by atoms with Crippen LogP contribution in [0.25, 0.3) is 0 Å². The standard InChI is InChI=1S/C46H56O10/c1-5-49-15-19-53-43-35-11-9-13-37(43)28-39-23-33(31-47)25-41(45(39)55-21-17-51-7-3)30-42-26-34(32-48)24-40(46(42)56-22-18-52-8-4)29-38-14-10-12-36(27-35)44(38)54-20-16-50-6-2/h9-14,23-26,31-32H,5-8,15-22,27-30H2,1-4H3. The van der Waals surface area contributed by atoms with E-state index in [-0.39, 0.29) is 0 Å². The Morgan fingerprint density at radius 1 is 0.393 bits per heavy atom. The van der Waals surface area contributed by atoms with Gasteiger partial charge in [-0.15, -0.1) is 0 Å². The number of hydrogen-bond acceptors (Lipinski definition) is 10. The van der Waals surface area contributed by atoms with Crippen molar-refractivity contribution in [3.8, 4) is 23.0 Å². The molecule has 10 heteroatoms. The van der Waals surface area contributed by atoms with Gasteiger partial charge in [-0.05, 0) is 96.5 Å². The van der Waals surface area contributed by atoms with Crippen LogP contribution < -0.4 is 18.9 Å². The van der Waals surface area contributed by atoms with Gasteiger partial charge in [0, 0.05) is 63.2 Å². The maximum absolute atomic E-state index is 12.5. The van der Waals surface area contributed by atoms with Crippen LogP contribution in [-0.4, -0.2) is 91.9 Å². The normalized spacial score (nSPS) is 12.2. The van der Waals surface area contributed by atoms with Gasteiger partial charge in [0.1, 0.15) is 62.0 Å². The lowest BCUT2D eigenvalue weighted by Gasteiger charge is -2.23. The zero-order valence-electron chi connectivity index (χ0n) is 33.3. The summed E-state index contributed by atoms with van der Waals surface area (Å²) in [6.45, 7) is 13.2. The second kappa shape index (κ2) is 22.7. The highest BCUT2D eigenvalue weighted by Gasteiger charge is 2.23. The Morgan fingerprint density at radius 3 is 0.911 bits per heavy atom. The third-order valence-electron chi connectivity index (χ3n) is 9.39. The minimum absolute atomic E-state index is 0.310. The molecule has 0 heterocycles. The summed E-state index contributed by atoms with van der Waals surface area (Å²) in [5, 5.41) is 0. The molecule has 4 aromatic rings. The van der Waals surface area contributed by atoms with Crippen molar-refractivity contribution in [3.05, 3.63) is 116 Å². The van der Waals surface area contributed by atoms with Crippen LogP contribution in [0.2, 0.25) is 0 Å². The van der Waals surface area contributed by atoms with Gasteiger partial charge in [0.2, 0.25) is 0 Å². The van der Waals surface area contributed by atoms with Crippen LogP contribution in [0, 0.1) is 0 Å². The number of aldehydes is 2. The van der Waals surface area contributed by atoms with Crippen molar-refractivity contribution in [1.29, 1.82) is 0 Å². The average Bonchev–Trinajstić information content (AvgIpc) is 3.20.